The summed E-state index contributed by atoms with van der Waals surface area (Å²) in [6, 6.07) is 13.1. The van der Waals surface area contributed by atoms with E-state index < -0.39 is 0 Å². The number of nitrogens with zero attached hydrogens (tertiary/aromatic N) is 2. The van der Waals surface area contributed by atoms with Gasteiger partial charge in [0.1, 0.15) is 5.82 Å². The number of nitrogens with one attached hydrogen (secondary N) is 1. The molecule has 1 atom stereocenters. The van der Waals surface area contributed by atoms with E-state index in [9.17, 15) is 14.0 Å². The third-order valence-corrected chi connectivity index (χ3v) is 3.98. The molecule has 0 saturated heterocycles. The third kappa shape index (κ3) is 3.74. The van der Waals surface area contributed by atoms with E-state index in [0.717, 1.165) is 11.3 Å². The average Bonchev–Trinajstić information content (AvgIpc) is 3.00. The maximum Gasteiger partial charge on any atom is 0.240 e. The lowest BCUT2D eigenvalue weighted by Crippen LogP contribution is -2.24. The number of rotatable bonds is 3. The van der Waals surface area contributed by atoms with Gasteiger partial charge in [0.05, 0.1) is 11.8 Å². The monoisotopic (exact) mass is 339 g/mol. The molecule has 0 aliphatic carbocycles. The Bertz CT molecular complexity index is 863. The Hall–Kier alpha value is -3.02. The molecule has 0 fully saturated rings. The van der Waals surface area contributed by atoms with Gasteiger partial charge in [-0.05, 0) is 35.4 Å². The van der Waals surface area contributed by atoms with Crippen LogP contribution in [0.4, 0.5) is 10.1 Å². The van der Waals surface area contributed by atoms with E-state index in [1.807, 2.05) is 18.2 Å². The minimum Gasteiger partial charge on any atom is -0.326 e. The average molecular weight is 339 g/mol. The molecule has 5 nitrogen and oxygen atoms in total. The molecule has 0 radical (unpaired) electrons. The van der Waals surface area contributed by atoms with Gasteiger partial charge in [-0.1, -0.05) is 24.3 Å². The number of halogens is 1. The smallest absolute Gasteiger partial charge is 0.240 e. The summed E-state index contributed by atoms with van der Waals surface area (Å²) >= 11 is 0. The highest BCUT2D eigenvalue weighted by molar-refractivity contribution is 6.04. The first kappa shape index (κ1) is 16.8. The first-order valence-corrected chi connectivity index (χ1v) is 7.95. The van der Waals surface area contributed by atoms with E-state index >= 15 is 0 Å². The number of benzene rings is 2. The van der Waals surface area contributed by atoms with Crippen molar-refractivity contribution in [3.05, 3.63) is 65.5 Å². The first-order valence-electron chi connectivity index (χ1n) is 7.95. The summed E-state index contributed by atoms with van der Waals surface area (Å²) in [7, 11) is 0. The number of carbonyl (C=O) groups is 2. The van der Waals surface area contributed by atoms with E-state index in [4.69, 9.17) is 0 Å². The zero-order valence-electron chi connectivity index (χ0n) is 14.0. The van der Waals surface area contributed by atoms with Crippen molar-refractivity contribution >= 4 is 23.2 Å². The Morgan fingerprint density at radius 3 is 2.60 bits per heavy atom. The van der Waals surface area contributed by atoms with Crippen LogP contribution in [0.2, 0.25) is 0 Å². The molecule has 1 aliphatic heterocycles. The fourth-order valence-electron chi connectivity index (χ4n) is 2.93. The van der Waals surface area contributed by atoms with Gasteiger partial charge >= 0.3 is 0 Å². The van der Waals surface area contributed by atoms with E-state index in [2.05, 4.69) is 10.4 Å². The molecule has 128 valence electrons. The topological polar surface area (TPSA) is 61.8 Å². The fraction of sp³-hybridized carbons (Fsp3) is 0.211. The van der Waals surface area contributed by atoms with Crippen molar-refractivity contribution in [3.8, 4) is 0 Å². The van der Waals surface area contributed by atoms with Crippen LogP contribution >= 0.6 is 0 Å². The van der Waals surface area contributed by atoms with Gasteiger partial charge in [-0.15, -0.1) is 0 Å². The van der Waals surface area contributed by atoms with Crippen molar-refractivity contribution in [3.63, 3.8) is 0 Å². The van der Waals surface area contributed by atoms with Crippen LogP contribution < -0.4 is 5.32 Å². The van der Waals surface area contributed by atoms with E-state index in [0.29, 0.717) is 17.7 Å². The summed E-state index contributed by atoms with van der Waals surface area (Å²) in [5, 5.41) is 8.54. The SMILES string of the molecule is CC(=O)Nc1cccc(C2=NN(C(C)=O)[C@H](c3cccc(F)c3)C2)c1. The lowest BCUT2D eigenvalue weighted by atomic mass is 9.98. The van der Waals surface area contributed by atoms with Gasteiger partial charge < -0.3 is 5.32 Å². The third-order valence-electron chi connectivity index (χ3n) is 3.98. The van der Waals surface area contributed by atoms with Gasteiger partial charge in [-0.2, -0.15) is 5.10 Å². The molecule has 1 N–H and O–H groups in total. The quantitative estimate of drug-likeness (QED) is 0.930. The molecule has 0 unspecified atom stereocenters. The lowest BCUT2D eigenvalue weighted by molar-refractivity contribution is -0.130. The van der Waals surface area contributed by atoms with Crippen molar-refractivity contribution in [1.82, 2.24) is 5.01 Å². The predicted octanol–water partition coefficient (Wildman–Crippen LogP) is 3.48. The molecule has 2 amide bonds. The molecule has 25 heavy (non-hydrogen) atoms. The van der Waals surface area contributed by atoms with Gasteiger partial charge in [0.2, 0.25) is 11.8 Å². The van der Waals surface area contributed by atoms with E-state index in [-0.39, 0.29) is 23.7 Å². The lowest BCUT2D eigenvalue weighted by Gasteiger charge is -2.20. The highest BCUT2D eigenvalue weighted by Crippen LogP contribution is 2.33. The highest BCUT2D eigenvalue weighted by atomic mass is 19.1. The maximum absolute atomic E-state index is 13.6. The Morgan fingerprint density at radius 2 is 1.92 bits per heavy atom. The normalized spacial score (nSPS) is 16.5. The second kappa shape index (κ2) is 6.84. The van der Waals surface area contributed by atoms with Gasteiger partial charge in [0.25, 0.3) is 0 Å². The predicted molar refractivity (Wildman–Crippen MR) is 93.6 cm³/mol. The van der Waals surface area contributed by atoms with Crippen LogP contribution in [0.3, 0.4) is 0 Å². The van der Waals surface area contributed by atoms with Crippen molar-refractivity contribution in [2.45, 2.75) is 26.3 Å². The van der Waals surface area contributed by atoms with Crippen LogP contribution in [0.5, 0.6) is 0 Å². The molecular weight excluding hydrogens is 321 g/mol. The molecule has 0 aromatic heterocycles. The number of anilines is 1. The summed E-state index contributed by atoms with van der Waals surface area (Å²) in [4.78, 5) is 23.2. The summed E-state index contributed by atoms with van der Waals surface area (Å²) in [6.07, 6.45) is 0.479. The fourth-order valence-corrected chi connectivity index (χ4v) is 2.93. The Kier molecular flexibility index (Phi) is 4.61. The van der Waals surface area contributed by atoms with Crippen LogP contribution in [0.15, 0.2) is 53.6 Å². The van der Waals surface area contributed by atoms with Gasteiger partial charge in [0, 0.05) is 26.0 Å². The van der Waals surface area contributed by atoms with E-state index in [1.54, 1.807) is 18.2 Å². The summed E-state index contributed by atoms with van der Waals surface area (Å²) < 4.78 is 13.6. The molecule has 6 heteroatoms. The molecule has 0 bridgehead atoms. The number of carbonyl (C=O) groups excluding carboxylic acids is 2. The van der Waals surface area contributed by atoms with Crippen molar-refractivity contribution < 1.29 is 14.0 Å². The number of hydrazone groups is 1. The van der Waals surface area contributed by atoms with Crippen molar-refractivity contribution in [2.24, 2.45) is 5.10 Å². The van der Waals surface area contributed by atoms with Gasteiger partial charge in [-0.3, -0.25) is 9.59 Å². The molecule has 0 saturated carbocycles. The maximum atomic E-state index is 13.6. The number of hydrogen-bond donors (Lipinski definition) is 1. The zero-order valence-corrected chi connectivity index (χ0v) is 14.0. The van der Waals surface area contributed by atoms with Crippen molar-refractivity contribution in [2.75, 3.05) is 5.32 Å². The molecule has 1 aliphatic rings. The van der Waals surface area contributed by atoms with Crippen LogP contribution in [0, 0.1) is 5.82 Å². The number of amides is 2. The largest absolute Gasteiger partial charge is 0.326 e. The minimum atomic E-state index is -0.345. The van der Waals surface area contributed by atoms with Gasteiger partial charge in [0.15, 0.2) is 0 Å². The summed E-state index contributed by atoms with van der Waals surface area (Å²) in [5.41, 5.74) is 2.90. The van der Waals surface area contributed by atoms with E-state index in [1.165, 1.54) is 31.0 Å². The molecule has 1 heterocycles. The Morgan fingerprint density at radius 1 is 1.16 bits per heavy atom. The molecule has 2 aromatic rings. The highest BCUT2D eigenvalue weighted by Gasteiger charge is 2.31. The second-order valence-corrected chi connectivity index (χ2v) is 5.95. The van der Waals surface area contributed by atoms with Crippen LogP contribution in [-0.2, 0) is 9.59 Å². The summed E-state index contributed by atoms with van der Waals surface area (Å²) in [5.74, 6) is -0.710. The zero-order chi connectivity index (χ0) is 18.0. The Labute approximate surface area is 145 Å². The molecule has 0 spiro atoms. The molecular formula is C19H18FN3O2. The van der Waals surface area contributed by atoms with Crippen LogP contribution in [0.25, 0.3) is 0 Å². The molecule has 3 rings (SSSR count). The Balaban J connectivity index is 1.92. The minimum absolute atomic E-state index is 0.159. The second-order valence-electron chi connectivity index (χ2n) is 5.95. The number of hydrogen-bond acceptors (Lipinski definition) is 3. The first-order chi connectivity index (χ1) is 11.9. The standard InChI is InChI=1S/C19H18FN3O2/c1-12(24)21-17-8-4-5-14(10-17)18-11-19(23(22-18)13(2)25)15-6-3-7-16(20)9-15/h3-10,19H,11H2,1-2H3,(H,21,24)/t19-/m0/s1. The van der Waals surface area contributed by atoms with Gasteiger partial charge in [-0.25, -0.2) is 9.40 Å². The van der Waals surface area contributed by atoms with Crippen molar-refractivity contribution in [1.29, 1.82) is 0 Å². The van der Waals surface area contributed by atoms with Crippen LogP contribution in [0.1, 0.15) is 37.4 Å². The summed E-state index contributed by atoms with van der Waals surface area (Å²) in [6.45, 7) is 2.88. The molecule has 2 aromatic carbocycles. The van der Waals surface area contributed by atoms with Crippen LogP contribution in [-0.4, -0.2) is 22.5 Å².